The van der Waals surface area contributed by atoms with Gasteiger partial charge in [-0.05, 0) is 12.8 Å². The predicted molar refractivity (Wildman–Crippen MR) is 82.4 cm³/mol. The molecule has 0 amide bonds. The molecule has 0 nitrogen and oxygen atoms in total. The van der Waals surface area contributed by atoms with Crippen LogP contribution in [0.4, 0.5) is 0 Å². The molecule has 0 atom stereocenters. The van der Waals surface area contributed by atoms with Crippen molar-refractivity contribution in [3.05, 3.63) is 97.2 Å². The van der Waals surface area contributed by atoms with E-state index in [1.165, 1.54) is 0 Å². The molecule has 18 heavy (non-hydrogen) atoms. The van der Waals surface area contributed by atoms with Gasteiger partial charge in [-0.1, -0.05) is 97.2 Å². The minimum atomic E-state index is 1.04. The largest absolute Gasteiger partial charge is 0.0807 e. The molecule has 2 aliphatic rings. The topological polar surface area (TPSA) is 0 Å². The summed E-state index contributed by atoms with van der Waals surface area (Å²) in [6, 6.07) is 0. The molecule has 0 saturated carbocycles. The Labute approximate surface area is 110 Å². The van der Waals surface area contributed by atoms with Gasteiger partial charge in [0.1, 0.15) is 0 Å². The Morgan fingerprint density at radius 2 is 0.500 bits per heavy atom. The molecule has 0 N–H and O–H groups in total. The van der Waals surface area contributed by atoms with Crippen LogP contribution in [0.15, 0.2) is 97.2 Å². The fourth-order valence-corrected chi connectivity index (χ4v) is 1.30. The summed E-state index contributed by atoms with van der Waals surface area (Å²) in [6.45, 7) is 0. The normalized spacial score (nSPS) is 16.9. The van der Waals surface area contributed by atoms with Crippen molar-refractivity contribution in [3.8, 4) is 0 Å². The summed E-state index contributed by atoms with van der Waals surface area (Å²) in [6.07, 6.45) is 35.0. The smallest absolute Gasteiger partial charge is 0.0163 e. The van der Waals surface area contributed by atoms with Crippen LogP contribution in [0.3, 0.4) is 0 Å². The minimum absolute atomic E-state index is 1.04. The van der Waals surface area contributed by atoms with Gasteiger partial charge < -0.3 is 0 Å². The van der Waals surface area contributed by atoms with Crippen molar-refractivity contribution in [2.24, 2.45) is 0 Å². The van der Waals surface area contributed by atoms with Gasteiger partial charge in [-0.2, -0.15) is 0 Å². The zero-order valence-electron chi connectivity index (χ0n) is 10.7. The Balaban J connectivity index is 0.000000180. The monoisotopic (exact) mass is 236 g/mol. The molecule has 2 rings (SSSR count). The van der Waals surface area contributed by atoms with E-state index in [1.54, 1.807) is 0 Å². The van der Waals surface area contributed by atoms with Crippen LogP contribution < -0.4 is 0 Å². The first kappa shape index (κ1) is 14.0. The molecule has 0 heterocycles. The zero-order valence-corrected chi connectivity index (χ0v) is 10.7. The van der Waals surface area contributed by atoms with Gasteiger partial charge in [0.15, 0.2) is 0 Å². The summed E-state index contributed by atoms with van der Waals surface area (Å²) in [7, 11) is 0. The van der Waals surface area contributed by atoms with E-state index < -0.39 is 0 Å². The molecule has 0 aromatic rings. The SMILES string of the molecule is C1=CC=CCC=CC=C1.C1=CC=CCC=CC=C1. The van der Waals surface area contributed by atoms with Crippen LogP contribution in [0.1, 0.15) is 12.8 Å². The molecule has 2 aliphatic carbocycles. The van der Waals surface area contributed by atoms with E-state index in [-0.39, 0.29) is 0 Å². The van der Waals surface area contributed by atoms with E-state index in [4.69, 9.17) is 0 Å². The molecule has 0 heteroatoms. The summed E-state index contributed by atoms with van der Waals surface area (Å²) in [5.74, 6) is 0. The first-order valence-electron chi connectivity index (χ1n) is 6.30. The lowest BCUT2D eigenvalue weighted by molar-refractivity contribution is 1.40. The van der Waals surface area contributed by atoms with Crippen LogP contribution in [0.25, 0.3) is 0 Å². The van der Waals surface area contributed by atoms with E-state index in [9.17, 15) is 0 Å². The molecule has 0 spiro atoms. The van der Waals surface area contributed by atoms with Gasteiger partial charge >= 0.3 is 0 Å². The van der Waals surface area contributed by atoms with E-state index in [0.29, 0.717) is 0 Å². The van der Waals surface area contributed by atoms with Gasteiger partial charge in [-0.25, -0.2) is 0 Å². The second-order valence-electron chi connectivity index (χ2n) is 3.72. The van der Waals surface area contributed by atoms with E-state index in [0.717, 1.165) is 12.8 Å². The molecular weight excluding hydrogens is 216 g/mol. The third kappa shape index (κ3) is 9.17. The van der Waals surface area contributed by atoms with Gasteiger partial charge in [0.25, 0.3) is 0 Å². The summed E-state index contributed by atoms with van der Waals surface area (Å²) < 4.78 is 0. The number of allylic oxidation sites excluding steroid dienone is 16. The summed E-state index contributed by atoms with van der Waals surface area (Å²) >= 11 is 0. The van der Waals surface area contributed by atoms with Crippen molar-refractivity contribution in [1.82, 2.24) is 0 Å². The Bertz CT molecular complexity index is 339. The first-order valence-corrected chi connectivity index (χ1v) is 6.30. The van der Waals surface area contributed by atoms with Crippen LogP contribution in [0, 0.1) is 0 Å². The van der Waals surface area contributed by atoms with Crippen LogP contribution in [-0.2, 0) is 0 Å². The van der Waals surface area contributed by atoms with Crippen LogP contribution in [-0.4, -0.2) is 0 Å². The number of hydrogen-bond acceptors (Lipinski definition) is 0. The summed E-state index contributed by atoms with van der Waals surface area (Å²) in [4.78, 5) is 0. The quantitative estimate of drug-likeness (QED) is 0.540. The Morgan fingerprint density at radius 3 is 0.778 bits per heavy atom. The molecule has 0 saturated heterocycles. The van der Waals surface area contributed by atoms with Crippen molar-refractivity contribution in [1.29, 1.82) is 0 Å². The Hall–Kier alpha value is -2.08. The summed E-state index contributed by atoms with van der Waals surface area (Å²) in [5.41, 5.74) is 0. The van der Waals surface area contributed by atoms with Gasteiger partial charge in [0.2, 0.25) is 0 Å². The second kappa shape index (κ2) is 11.4. The third-order valence-electron chi connectivity index (χ3n) is 2.20. The van der Waals surface area contributed by atoms with Crippen molar-refractivity contribution >= 4 is 0 Å². The second-order valence-corrected chi connectivity index (χ2v) is 3.72. The molecule has 0 bridgehead atoms. The number of rotatable bonds is 0. The van der Waals surface area contributed by atoms with E-state index >= 15 is 0 Å². The first-order chi connectivity index (χ1) is 9.00. The maximum atomic E-state index is 2.12. The zero-order chi connectivity index (χ0) is 12.7. The lowest BCUT2D eigenvalue weighted by Gasteiger charge is -1.74. The lowest BCUT2D eigenvalue weighted by atomic mass is 10.3. The molecule has 0 unspecified atom stereocenters. The molecular formula is C18H20. The molecule has 0 fully saturated rings. The van der Waals surface area contributed by atoms with Crippen LogP contribution in [0.2, 0.25) is 0 Å². The third-order valence-corrected chi connectivity index (χ3v) is 2.20. The molecule has 0 radical (unpaired) electrons. The highest BCUT2D eigenvalue weighted by Crippen LogP contribution is 1.92. The molecule has 92 valence electrons. The van der Waals surface area contributed by atoms with Gasteiger partial charge in [-0.3, -0.25) is 0 Å². The molecule has 0 aromatic carbocycles. The predicted octanol–water partition coefficient (Wildman–Crippen LogP) is 5.23. The number of hydrogen-bond donors (Lipinski definition) is 0. The van der Waals surface area contributed by atoms with Gasteiger partial charge in [-0.15, -0.1) is 0 Å². The average Bonchev–Trinajstić information content (AvgIpc) is 2.65. The van der Waals surface area contributed by atoms with Crippen molar-refractivity contribution in [3.63, 3.8) is 0 Å². The van der Waals surface area contributed by atoms with Gasteiger partial charge in [0, 0.05) is 0 Å². The minimum Gasteiger partial charge on any atom is -0.0807 e. The van der Waals surface area contributed by atoms with Crippen LogP contribution >= 0.6 is 0 Å². The van der Waals surface area contributed by atoms with Gasteiger partial charge in [0.05, 0.1) is 0 Å². The highest BCUT2D eigenvalue weighted by molar-refractivity contribution is 5.19. The van der Waals surface area contributed by atoms with Crippen molar-refractivity contribution < 1.29 is 0 Å². The Kier molecular flexibility index (Phi) is 8.86. The fraction of sp³-hybridized carbons (Fsp3) is 0.111. The highest BCUT2D eigenvalue weighted by Gasteiger charge is 1.70. The maximum Gasteiger partial charge on any atom is -0.0163 e. The Morgan fingerprint density at radius 1 is 0.278 bits per heavy atom. The molecule has 0 aliphatic heterocycles. The van der Waals surface area contributed by atoms with Crippen molar-refractivity contribution in [2.75, 3.05) is 0 Å². The van der Waals surface area contributed by atoms with E-state index in [2.05, 4.69) is 48.6 Å². The average molecular weight is 236 g/mol. The molecule has 0 aromatic heterocycles. The van der Waals surface area contributed by atoms with Crippen molar-refractivity contribution in [2.45, 2.75) is 12.8 Å². The van der Waals surface area contributed by atoms with E-state index in [1.807, 2.05) is 48.6 Å². The standard InChI is InChI=1S/2C9H10/c2*1-2-4-6-8-9-7-5-3-1/h2*1-8H,9H2. The maximum absolute atomic E-state index is 2.12. The fourth-order valence-electron chi connectivity index (χ4n) is 1.30. The highest BCUT2D eigenvalue weighted by atomic mass is 13.8. The lowest BCUT2D eigenvalue weighted by Crippen LogP contribution is -1.53. The summed E-state index contributed by atoms with van der Waals surface area (Å²) in [5, 5.41) is 0. The van der Waals surface area contributed by atoms with Crippen LogP contribution in [0.5, 0.6) is 0 Å².